The number of aryl methyl sites for hydroxylation is 1. The number of nitrogens with zero attached hydrogens (tertiary/aromatic N) is 1. The Morgan fingerprint density at radius 3 is 2.70 bits per heavy atom. The van der Waals surface area contributed by atoms with Crippen molar-refractivity contribution in [2.45, 2.75) is 19.9 Å². The molecule has 3 nitrogen and oxygen atoms in total. The first-order valence-corrected chi connectivity index (χ1v) is 7.82. The molecule has 0 aliphatic carbocycles. The summed E-state index contributed by atoms with van der Waals surface area (Å²) in [7, 11) is 1.62. The monoisotopic (exact) mass is 334 g/mol. The Bertz CT molecular complexity index is 670. The number of rotatable bonds is 5. The fourth-order valence-electron chi connectivity index (χ4n) is 2.31. The third-order valence-corrected chi connectivity index (χ3v) is 3.93. The molecule has 122 valence electrons. The van der Waals surface area contributed by atoms with Crippen LogP contribution in [-0.2, 0) is 13.0 Å². The molecule has 0 aliphatic rings. The summed E-state index contributed by atoms with van der Waals surface area (Å²) in [5.41, 5.74) is 2.69. The highest BCUT2D eigenvalue weighted by molar-refractivity contribution is 6.31. The molecular formula is C18H20ClFN2O. The molecule has 0 spiro atoms. The third kappa shape index (κ3) is 4.96. The number of nitrogens with one attached hydrogen (secondary N) is 1. The normalized spacial score (nSPS) is 10.4. The standard InChI is InChI=1S/C18H20ClFN2O/c1-13-5-3-6-14(11-13)9-10-21-18(23)22(2)12-15-16(19)7-4-8-17(15)20/h3-8,11H,9-10,12H2,1-2H3,(H,21,23). The summed E-state index contributed by atoms with van der Waals surface area (Å²) in [5, 5.41) is 3.15. The summed E-state index contributed by atoms with van der Waals surface area (Å²) in [6.45, 7) is 2.69. The van der Waals surface area contributed by atoms with E-state index < -0.39 is 5.82 Å². The fraction of sp³-hybridized carbons (Fsp3) is 0.278. The predicted octanol–water partition coefficient (Wildman–Crippen LogP) is 4.17. The Morgan fingerprint density at radius 1 is 1.26 bits per heavy atom. The van der Waals surface area contributed by atoms with Gasteiger partial charge in [-0.2, -0.15) is 0 Å². The van der Waals surface area contributed by atoms with Gasteiger partial charge in [0.25, 0.3) is 0 Å². The number of hydrogen-bond donors (Lipinski definition) is 1. The van der Waals surface area contributed by atoms with E-state index in [0.717, 1.165) is 6.42 Å². The lowest BCUT2D eigenvalue weighted by Crippen LogP contribution is -2.38. The van der Waals surface area contributed by atoms with Crippen LogP contribution in [0.15, 0.2) is 42.5 Å². The van der Waals surface area contributed by atoms with Crippen molar-refractivity contribution in [3.8, 4) is 0 Å². The predicted molar refractivity (Wildman–Crippen MR) is 91.2 cm³/mol. The third-order valence-electron chi connectivity index (χ3n) is 3.58. The van der Waals surface area contributed by atoms with E-state index >= 15 is 0 Å². The number of carbonyl (C=O) groups excluding carboxylic acids is 1. The maximum absolute atomic E-state index is 13.7. The van der Waals surface area contributed by atoms with E-state index in [2.05, 4.69) is 11.4 Å². The van der Waals surface area contributed by atoms with Crippen LogP contribution in [0.5, 0.6) is 0 Å². The van der Waals surface area contributed by atoms with E-state index in [1.165, 1.54) is 22.1 Å². The highest BCUT2D eigenvalue weighted by Crippen LogP contribution is 2.20. The largest absolute Gasteiger partial charge is 0.338 e. The van der Waals surface area contributed by atoms with Gasteiger partial charge in [-0.1, -0.05) is 47.5 Å². The molecule has 2 amide bonds. The van der Waals surface area contributed by atoms with Crippen LogP contribution in [0.2, 0.25) is 5.02 Å². The molecule has 2 aromatic rings. The van der Waals surface area contributed by atoms with Crippen LogP contribution in [-0.4, -0.2) is 24.5 Å². The second-order valence-corrected chi connectivity index (χ2v) is 5.93. The molecule has 0 saturated heterocycles. The van der Waals surface area contributed by atoms with E-state index in [4.69, 9.17) is 11.6 Å². The van der Waals surface area contributed by atoms with Crippen molar-refractivity contribution in [3.05, 3.63) is 70.0 Å². The second kappa shape index (κ2) is 7.97. The summed E-state index contributed by atoms with van der Waals surface area (Å²) >= 11 is 5.98. The SMILES string of the molecule is Cc1cccc(CCNC(=O)N(C)Cc2c(F)cccc2Cl)c1. The Balaban J connectivity index is 1.85. The first-order valence-electron chi connectivity index (χ1n) is 7.45. The van der Waals surface area contributed by atoms with Crippen LogP contribution in [0, 0.1) is 12.7 Å². The van der Waals surface area contributed by atoms with Gasteiger partial charge in [-0.3, -0.25) is 0 Å². The molecule has 0 bridgehead atoms. The van der Waals surface area contributed by atoms with Gasteiger partial charge < -0.3 is 10.2 Å². The molecule has 0 radical (unpaired) electrons. The maximum atomic E-state index is 13.7. The quantitative estimate of drug-likeness (QED) is 0.874. The van der Waals surface area contributed by atoms with Gasteiger partial charge in [0.2, 0.25) is 0 Å². The summed E-state index contributed by atoms with van der Waals surface area (Å²) in [5.74, 6) is -0.406. The molecule has 0 unspecified atom stereocenters. The summed E-state index contributed by atoms with van der Waals surface area (Å²) in [6, 6.07) is 12.4. The summed E-state index contributed by atoms with van der Waals surface area (Å²) in [4.78, 5) is 13.5. The molecule has 0 fully saturated rings. The molecule has 0 aromatic heterocycles. The molecule has 0 saturated carbocycles. The van der Waals surface area contributed by atoms with E-state index in [1.807, 2.05) is 25.1 Å². The van der Waals surface area contributed by atoms with Crippen LogP contribution in [0.1, 0.15) is 16.7 Å². The lowest BCUT2D eigenvalue weighted by atomic mass is 10.1. The molecule has 1 N–H and O–H groups in total. The first-order chi connectivity index (χ1) is 11.0. The highest BCUT2D eigenvalue weighted by Gasteiger charge is 2.13. The first kappa shape index (κ1) is 17.3. The molecule has 23 heavy (non-hydrogen) atoms. The van der Waals surface area contributed by atoms with Crippen LogP contribution >= 0.6 is 11.6 Å². The van der Waals surface area contributed by atoms with Gasteiger partial charge in [-0.05, 0) is 31.0 Å². The summed E-state index contributed by atoms with van der Waals surface area (Å²) in [6.07, 6.45) is 0.752. The number of urea groups is 1. The van der Waals surface area contributed by atoms with Gasteiger partial charge in [0.05, 0.1) is 6.54 Å². The number of amides is 2. The average Bonchev–Trinajstić information content (AvgIpc) is 2.51. The Morgan fingerprint density at radius 2 is 2.00 bits per heavy atom. The Labute approximate surface area is 141 Å². The van der Waals surface area contributed by atoms with E-state index in [9.17, 15) is 9.18 Å². The smallest absolute Gasteiger partial charge is 0.317 e. The highest BCUT2D eigenvalue weighted by atomic mass is 35.5. The lowest BCUT2D eigenvalue weighted by molar-refractivity contribution is 0.206. The number of hydrogen-bond acceptors (Lipinski definition) is 1. The molecule has 5 heteroatoms. The van der Waals surface area contributed by atoms with Gasteiger partial charge in [0.1, 0.15) is 5.82 Å². The summed E-state index contributed by atoms with van der Waals surface area (Å²) < 4.78 is 13.7. The number of carbonyl (C=O) groups is 1. The fourth-order valence-corrected chi connectivity index (χ4v) is 2.53. The Kier molecular flexibility index (Phi) is 5.99. The van der Waals surface area contributed by atoms with Crippen molar-refractivity contribution in [3.63, 3.8) is 0 Å². The van der Waals surface area contributed by atoms with Gasteiger partial charge >= 0.3 is 6.03 Å². The van der Waals surface area contributed by atoms with Crippen molar-refractivity contribution in [2.75, 3.05) is 13.6 Å². The van der Waals surface area contributed by atoms with Crippen LogP contribution in [0.4, 0.5) is 9.18 Å². The van der Waals surface area contributed by atoms with Crippen LogP contribution in [0.25, 0.3) is 0 Å². The average molecular weight is 335 g/mol. The van der Waals surface area contributed by atoms with Gasteiger partial charge in [0, 0.05) is 24.2 Å². The van der Waals surface area contributed by atoms with Crippen molar-refractivity contribution in [1.82, 2.24) is 10.2 Å². The van der Waals surface area contributed by atoms with E-state index in [1.54, 1.807) is 19.2 Å². The van der Waals surface area contributed by atoms with E-state index in [0.29, 0.717) is 17.1 Å². The molecule has 0 aliphatic heterocycles. The molecular weight excluding hydrogens is 315 g/mol. The van der Waals surface area contributed by atoms with Crippen molar-refractivity contribution >= 4 is 17.6 Å². The molecule has 0 heterocycles. The second-order valence-electron chi connectivity index (χ2n) is 5.53. The minimum absolute atomic E-state index is 0.127. The lowest BCUT2D eigenvalue weighted by Gasteiger charge is -2.19. The zero-order valence-electron chi connectivity index (χ0n) is 13.3. The van der Waals surface area contributed by atoms with Crippen molar-refractivity contribution in [2.24, 2.45) is 0 Å². The zero-order chi connectivity index (χ0) is 16.8. The minimum Gasteiger partial charge on any atom is -0.338 e. The van der Waals surface area contributed by atoms with Crippen molar-refractivity contribution < 1.29 is 9.18 Å². The molecule has 2 aromatic carbocycles. The van der Waals surface area contributed by atoms with Gasteiger partial charge in [0.15, 0.2) is 0 Å². The van der Waals surface area contributed by atoms with Crippen LogP contribution in [0.3, 0.4) is 0 Å². The zero-order valence-corrected chi connectivity index (χ0v) is 14.0. The minimum atomic E-state index is -0.406. The van der Waals surface area contributed by atoms with Crippen molar-refractivity contribution in [1.29, 1.82) is 0 Å². The van der Waals surface area contributed by atoms with Crippen LogP contribution < -0.4 is 5.32 Å². The topological polar surface area (TPSA) is 32.3 Å². The maximum Gasteiger partial charge on any atom is 0.317 e. The van der Waals surface area contributed by atoms with Gasteiger partial charge in [-0.15, -0.1) is 0 Å². The number of benzene rings is 2. The van der Waals surface area contributed by atoms with E-state index in [-0.39, 0.29) is 12.6 Å². The van der Waals surface area contributed by atoms with Gasteiger partial charge in [-0.25, -0.2) is 9.18 Å². The molecule has 2 rings (SSSR count). The molecule has 0 atom stereocenters. The Hall–Kier alpha value is -2.07. The number of halogens is 2.